The van der Waals surface area contributed by atoms with Crippen molar-refractivity contribution in [3.63, 3.8) is 0 Å². The van der Waals surface area contributed by atoms with Crippen LogP contribution < -0.4 is 5.73 Å². The van der Waals surface area contributed by atoms with Gasteiger partial charge in [0.25, 0.3) is 0 Å². The van der Waals surface area contributed by atoms with Gasteiger partial charge in [0.1, 0.15) is 5.82 Å². The summed E-state index contributed by atoms with van der Waals surface area (Å²) in [6.07, 6.45) is 5.33. The monoisotopic (exact) mass is 222 g/mol. The van der Waals surface area contributed by atoms with Gasteiger partial charge in [0.15, 0.2) is 5.65 Å². The Kier molecular flexibility index (Phi) is 2.19. The largest absolute Gasteiger partial charge is 0.384 e. The number of nitrogens with two attached hydrogens (primary N) is 1. The summed E-state index contributed by atoms with van der Waals surface area (Å²) in [5, 5.41) is 0.980. The predicted molar refractivity (Wildman–Crippen MR) is 67.2 cm³/mol. The van der Waals surface area contributed by atoms with E-state index in [-0.39, 0.29) is 0 Å². The van der Waals surface area contributed by atoms with E-state index in [4.69, 9.17) is 5.73 Å². The molecule has 4 heteroatoms. The fraction of sp³-hybridized carbons (Fsp3) is 0. The molecule has 0 saturated carbocycles. The molecule has 4 nitrogen and oxygen atoms in total. The van der Waals surface area contributed by atoms with Gasteiger partial charge in [-0.15, -0.1) is 0 Å². The smallest absolute Gasteiger partial charge is 0.161 e. The minimum Gasteiger partial charge on any atom is -0.384 e. The minimum atomic E-state index is 0.488. The highest BCUT2D eigenvalue weighted by Crippen LogP contribution is 2.21. The van der Waals surface area contributed by atoms with Crippen molar-refractivity contribution in [3.8, 4) is 11.1 Å². The number of hydrogen-bond acceptors (Lipinski definition) is 4. The normalized spacial score (nSPS) is 10.6. The molecule has 0 radical (unpaired) electrons. The van der Waals surface area contributed by atoms with E-state index in [1.807, 2.05) is 24.3 Å². The van der Waals surface area contributed by atoms with E-state index >= 15 is 0 Å². The number of fused-ring (bicyclic) bond motifs is 1. The number of pyridine rings is 3. The van der Waals surface area contributed by atoms with Crippen LogP contribution in [0.2, 0.25) is 0 Å². The second-order valence-corrected chi connectivity index (χ2v) is 3.74. The first-order valence-electron chi connectivity index (χ1n) is 5.25. The molecule has 0 aliphatic heterocycles. The summed E-state index contributed by atoms with van der Waals surface area (Å²) in [6.45, 7) is 0. The van der Waals surface area contributed by atoms with Crippen LogP contribution in [0.3, 0.4) is 0 Å². The summed E-state index contributed by atoms with van der Waals surface area (Å²) >= 11 is 0. The predicted octanol–water partition coefficient (Wildman–Crippen LogP) is 2.27. The summed E-state index contributed by atoms with van der Waals surface area (Å²) in [4.78, 5) is 12.5. The second kappa shape index (κ2) is 3.83. The Morgan fingerprint density at radius 1 is 0.941 bits per heavy atom. The van der Waals surface area contributed by atoms with E-state index in [0.29, 0.717) is 11.5 Å². The summed E-state index contributed by atoms with van der Waals surface area (Å²) in [6, 6.07) is 9.65. The Bertz CT molecular complexity index is 665. The molecule has 0 aromatic carbocycles. The van der Waals surface area contributed by atoms with Crippen LogP contribution in [0.4, 0.5) is 5.82 Å². The zero-order valence-corrected chi connectivity index (χ0v) is 9.04. The van der Waals surface area contributed by atoms with Gasteiger partial charge in [0.2, 0.25) is 0 Å². The molecule has 0 amide bonds. The third kappa shape index (κ3) is 1.80. The first-order chi connectivity index (χ1) is 8.33. The Balaban J connectivity index is 2.17. The van der Waals surface area contributed by atoms with E-state index in [9.17, 15) is 0 Å². The summed E-state index contributed by atoms with van der Waals surface area (Å²) in [7, 11) is 0. The number of anilines is 1. The van der Waals surface area contributed by atoms with Crippen molar-refractivity contribution in [2.45, 2.75) is 0 Å². The number of aromatic nitrogens is 3. The van der Waals surface area contributed by atoms with Gasteiger partial charge in [-0.3, -0.25) is 4.98 Å². The molecule has 3 aromatic rings. The lowest BCUT2D eigenvalue weighted by Crippen LogP contribution is -1.92. The van der Waals surface area contributed by atoms with E-state index in [1.54, 1.807) is 24.7 Å². The first-order valence-corrected chi connectivity index (χ1v) is 5.25. The molecule has 0 aliphatic rings. The third-order valence-corrected chi connectivity index (χ3v) is 2.58. The van der Waals surface area contributed by atoms with Crippen molar-refractivity contribution in [1.82, 2.24) is 15.0 Å². The number of nitrogens with zero attached hydrogens (tertiary/aromatic N) is 3. The maximum absolute atomic E-state index is 5.61. The van der Waals surface area contributed by atoms with Gasteiger partial charge in [-0.25, -0.2) is 9.97 Å². The lowest BCUT2D eigenvalue weighted by molar-refractivity contribution is 1.29. The zero-order chi connectivity index (χ0) is 11.7. The van der Waals surface area contributed by atoms with Gasteiger partial charge >= 0.3 is 0 Å². The van der Waals surface area contributed by atoms with Crippen molar-refractivity contribution < 1.29 is 0 Å². The maximum Gasteiger partial charge on any atom is 0.161 e. The van der Waals surface area contributed by atoms with E-state index in [0.717, 1.165) is 16.5 Å². The van der Waals surface area contributed by atoms with Crippen molar-refractivity contribution >= 4 is 16.9 Å². The van der Waals surface area contributed by atoms with Gasteiger partial charge < -0.3 is 5.73 Å². The van der Waals surface area contributed by atoms with E-state index < -0.39 is 0 Å². The quantitative estimate of drug-likeness (QED) is 0.686. The lowest BCUT2D eigenvalue weighted by Gasteiger charge is -2.03. The topological polar surface area (TPSA) is 64.7 Å². The van der Waals surface area contributed by atoms with Crippen LogP contribution >= 0.6 is 0 Å². The standard InChI is InChI=1S/C13H10N4/c14-12-2-1-10-7-11(8-16-13(10)17-12)9-3-5-15-6-4-9/h1-8H,(H2,14,16,17). The molecular weight excluding hydrogens is 212 g/mol. The van der Waals surface area contributed by atoms with Crippen LogP contribution in [0.25, 0.3) is 22.2 Å². The average Bonchev–Trinajstić information content (AvgIpc) is 2.39. The Morgan fingerprint density at radius 3 is 2.59 bits per heavy atom. The van der Waals surface area contributed by atoms with Crippen molar-refractivity contribution in [1.29, 1.82) is 0 Å². The Labute approximate surface area is 98.2 Å². The molecule has 0 bridgehead atoms. The zero-order valence-electron chi connectivity index (χ0n) is 9.04. The van der Waals surface area contributed by atoms with Crippen molar-refractivity contribution in [2.75, 3.05) is 5.73 Å². The highest BCUT2D eigenvalue weighted by Gasteiger charge is 2.01. The molecule has 2 N–H and O–H groups in total. The van der Waals surface area contributed by atoms with Crippen LogP contribution in [0.1, 0.15) is 0 Å². The van der Waals surface area contributed by atoms with Gasteiger partial charge in [-0.05, 0) is 35.9 Å². The van der Waals surface area contributed by atoms with Gasteiger partial charge in [0, 0.05) is 29.5 Å². The summed E-state index contributed by atoms with van der Waals surface area (Å²) < 4.78 is 0. The Morgan fingerprint density at radius 2 is 1.76 bits per heavy atom. The summed E-state index contributed by atoms with van der Waals surface area (Å²) in [5.41, 5.74) is 8.42. The maximum atomic E-state index is 5.61. The highest BCUT2D eigenvalue weighted by atomic mass is 14.9. The van der Waals surface area contributed by atoms with Crippen molar-refractivity contribution in [2.24, 2.45) is 0 Å². The SMILES string of the molecule is Nc1ccc2cc(-c3ccncc3)cnc2n1. The van der Waals surface area contributed by atoms with E-state index in [2.05, 4.69) is 15.0 Å². The molecule has 0 atom stereocenters. The van der Waals surface area contributed by atoms with Gasteiger partial charge in [-0.2, -0.15) is 0 Å². The van der Waals surface area contributed by atoms with Crippen LogP contribution in [0.15, 0.2) is 48.9 Å². The van der Waals surface area contributed by atoms with Crippen LogP contribution in [-0.4, -0.2) is 15.0 Å². The molecular formula is C13H10N4. The molecule has 17 heavy (non-hydrogen) atoms. The average molecular weight is 222 g/mol. The molecule has 0 saturated heterocycles. The second-order valence-electron chi connectivity index (χ2n) is 3.74. The fourth-order valence-electron chi connectivity index (χ4n) is 1.73. The highest BCUT2D eigenvalue weighted by molar-refractivity contribution is 5.81. The summed E-state index contributed by atoms with van der Waals surface area (Å²) in [5.74, 6) is 0.488. The molecule has 3 rings (SSSR count). The lowest BCUT2D eigenvalue weighted by atomic mass is 10.1. The first kappa shape index (κ1) is 9.72. The third-order valence-electron chi connectivity index (χ3n) is 2.58. The number of nitrogen functional groups attached to an aromatic ring is 1. The van der Waals surface area contributed by atoms with Crippen molar-refractivity contribution in [3.05, 3.63) is 48.9 Å². The van der Waals surface area contributed by atoms with E-state index in [1.165, 1.54) is 0 Å². The van der Waals surface area contributed by atoms with Crippen LogP contribution in [-0.2, 0) is 0 Å². The molecule has 0 aliphatic carbocycles. The number of hydrogen-bond donors (Lipinski definition) is 1. The molecule has 3 aromatic heterocycles. The molecule has 82 valence electrons. The van der Waals surface area contributed by atoms with Gasteiger partial charge in [0.05, 0.1) is 0 Å². The molecule has 0 spiro atoms. The molecule has 0 unspecified atom stereocenters. The van der Waals surface area contributed by atoms with Crippen LogP contribution in [0.5, 0.6) is 0 Å². The van der Waals surface area contributed by atoms with Crippen LogP contribution in [0, 0.1) is 0 Å². The number of rotatable bonds is 1. The fourth-order valence-corrected chi connectivity index (χ4v) is 1.73. The van der Waals surface area contributed by atoms with Gasteiger partial charge in [-0.1, -0.05) is 0 Å². The molecule has 3 heterocycles. The minimum absolute atomic E-state index is 0.488. The Hall–Kier alpha value is -2.49. The molecule has 0 fully saturated rings.